The van der Waals surface area contributed by atoms with E-state index in [0.29, 0.717) is 16.5 Å². The van der Waals surface area contributed by atoms with Crippen molar-refractivity contribution in [3.8, 4) is 0 Å². The first-order valence-electron chi connectivity index (χ1n) is 4.46. The lowest BCUT2D eigenvalue weighted by Crippen LogP contribution is -2.06. The van der Waals surface area contributed by atoms with Gasteiger partial charge in [-0.15, -0.1) is 11.8 Å². The van der Waals surface area contributed by atoms with Crippen LogP contribution in [0, 0.1) is 5.82 Å². The van der Waals surface area contributed by atoms with E-state index in [-0.39, 0.29) is 11.8 Å². The van der Waals surface area contributed by atoms with Crippen LogP contribution in [0.15, 0.2) is 33.7 Å². The van der Waals surface area contributed by atoms with E-state index in [9.17, 15) is 4.39 Å². The molecular weight excluding hydrogens is 231 g/mol. The Balaban J connectivity index is 1.99. The van der Waals surface area contributed by atoms with Crippen molar-refractivity contribution in [2.45, 2.75) is 10.6 Å². The van der Waals surface area contributed by atoms with E-state index >= 15 is 0 Å². The number of benzene rings is 1. The summed E-state index contributed by atoms with van der Waals surface area (Å²) in [6.07, 6.45) is 0. The van der Waals surface area contributed by atoms with Crippen molar-refractivity contribution in [1.82, 2.24) is 10.1 Å². The molecule has 1 heterocycles. The number of aromatic nitrogens is 2. The van der Waals surface area contributed by atoms with Gasteiger partial charge in [-0.25, -0.2) is 10.2 Å². The van der Waals surface area contributed by atoms with E-state index in [1.807, 2.05) is 0 Å². The van der Waals surface area contributed by atoms with Crippen LogP contribution in [-0.2, 0) is 5.75 Å². The molecule has 0 unspecified atom stereocenters. The second kappa shape index (κ2) is 4.95. The molecule has 5 nitrogen and oxygen atoms in total. The highest BCUT2D eigenvalue weighted by molar-refractivity contribution is 7.98. The lowest BCUT2D eigenvalue weighted by molar-refractivity contribution is 0.425. The smallest absolute Gasteiger partial charge is 0.314 e. The van der Waals surface area contributed by atoms with Crippen LogP contribution >= 0.6 is 11.8 Å². The molecule has 7 heteroatoms. The van der Waals surface area contributed by atoms with Crippen LogP contribution in [0.5, 0.6) is 0 Å². The van der Waals surface area contributed by atoms with Crippen LogP contribution < -0.4 is 11.3 Å². The van der Waals surface area contributed by atoms with Gasteiger partial charge in [-0.2, -0.15) is 4.98 Å². The molecule has 0 aliphatic carbocycles. The number of halogens is 1. The SMILES string of the molecule is NNc1nc(CSc2ccccc2F)no1. The third-order valence-corrected chi connectivity index (χ3v) is 2.83. The third-order valence-electron chi connectivity index (χ3n) is 1.78. The summed E-state index contributed by atoms with van der Waals surface area (Å²) < 4.78 is 18.0. The highest BCUT2D eigenvalue weighted by Crippen LogP contribution is 2.24. The van der Waals surface area contributed by atoms with Crippen LogP contribution in [0.2, 0.25) is 0 Å². The van der Waals surface area contributed by atoms with Crippen LogP contribution in [0.25, 0.3) is 0 Å². The fourth-order valence-electron chi connectivity index (χ4n) is 1.08. The van der Waals surface area contributed by atoms with Gasteiger partial charge < -0.3 is 4.52 Å². The number of rotatable bonds is 4. The van der Waals surface area contributed by atoms with Gasteiger partial charge in [0.15, 0.2) is 5.82 Å². The molecule has 0 atom stereocenters. The lowest BCUT2D eigenvalue weighted by Gasteiger charge is -1.98. The molecule has 16 heavy (non-hydrogen) atoms. The Labute approximate surface area is 95.2 Å². The minimum absolute atomic E-state index is 0.143. The molecule has 0 aliphatic rings. The molecule has 0 saturated carbocycles. The molecule has 0 saturated heterocycles. The van der Waals surface area contributed by atoms with E-state index in [4.69, 9.17) is 10.4 Å². The largest absolute Gasteiger partial charge is 0.335 e. The molecule has 0 amide bonds. The second-order valence-electron chi connectivity index (χ2n) is 2.88. The molecule has 0 aliphatic heterocycles. The van der Waals surface area contributed by atoms with E-state index < -0.39 is 0 Å². The monoisotopic (exact) mass is 240 g/mol. The zero-order chi connectivity index (χ0) is 11.4. The minimum atomic E-state index is -0.256. The topological polar surface area (TPSA) is 77.0 Å². The maximum atomic E-state index is 13.2. The number of nitrogen functional groups attached to an aromatic ring is 1. The number of anilines is 1. The maximum Gasteiger partial charge on any atom is 0.335 e. The molecule has 2 rings (SSSR count). The maximum absolute atomic E-state index is 13.2. The van der Waals surface area contributed by atoms with Crippen molar-refractivity contribution >= 4 is 17.8 Å². The Bertz CT molecular complexity index is 476. The van der Waals surface area contributed by atoms with Crippen molar-refractivity contribution in [3.05, 3.63) is 35.9 Å². The van der Waals surface area contributed by atoms with Gasteiger partial charge in [-0.05, 0) is 12.1 Å². The molecule has 3 N–H and O–H groups in total. The van der Waals surface area contributed by atoms with Gasteiger partial charge in [0.2, 0.25) is 0 Å². The van der Waals surface area contributed by atoms with E-state index in [1.54, 1.807) is 18.2 Å². The van der Waals surface area contributed by atoms with Crippen LogP contribution in [0.3, 0.4) is 0 Å². The predicted molar refractivity (Wildman–Crippen MR) is 58.1 cm³/mol. The molecule has 1 aromatic carbocycles. The zero-order valence-electron chi connectivity index (χ0n) is 8.18. The summed E-state index contributed by atoms with van der Waals surface area (Å²) in [5.41, 5.74) is 2.23. The number of thioether (sulfide) groups is 1. The summed E-state index contributed by atoms with van der Waals surface area (Å²) in [6.45, 7) is 0. The van der Waals surface area contributed by atoms with Crippen LogP contribution in [0.4, 0.5) is 10.4 Å². The van der Waals surface area contributed by atoms with Gasteiger partial charge in [0, 0.05) is 4.90 Å². The molecule has 0 spiro atoms. The van der Waals surface area contributed by atoms with Crippen LogP contribution in [0.1, 0.15) is 5.82 Å². The van der Waals surface area contributed by atoms with Crippen molar-refractivity contribution in [2.24, 2.45) is 5.84 Å². The number of hydrogen-bond acceptors (Lipinski definition) is 6. The summed E-state index contributed by atoms with van der Waals surface area (Å²) >= 11 is 1.30. The molecular formula is C9H9FN4OS. The summed E-state index contributed by atoms with van der Waals surface area (Å²) in [5.74, 6) is 5.71. The Hall–Kier alpha value is -1.60. The summed E-state index contributed by atoms with van der Waals surface area (Å²) in [6, 6.07) is 6.66. The number of hydrazine groups is 1. The molecule has 1 aromatic heterocycles. The van der Waals surface area contributed by atoms with Crippen molar-refractivity contribution in [1.29, 1.82) is 0 Å². The standard InChI is InChI=1S/C9H9FN4OS/c10-6-3-1-2-4-7(6)16-5-8-12-9(13-11)15-14-8/h1-4H,5,11H2,(H,12,13,14). The van der Waals surface area contributed by atoms with Gasteiger partial charge in [0.25, 0.3) is 0 Å². The summed E-state index contributed by atoms with van der Waals surface area (Å²) in [5, 5.41) is 3.66. The van der Waals surface area contributed by atoms with E-state index in [2.05, 4.69) is 15.6 Å². The Morgan fingerprint density at radius 2 is 2.25 bits per heavy atom. The highest BCUT2D eigenvalue weighted by Gasteiger charge is 2.07. The summed E-state index contributed by atoms with van der Waals surface area (Å²) in [4.78, 5) is 4.47. The molecule has 0 bridgehead atoms. The average Bonchev–Trinajstić information content (AvgIpc) is 2.76. The zero-order valence-corrected chi connectivity index (χ0v) is 9.00. The van der Waals surface area contributed by atoms with Gasteiger partial charge in [-0.1, -0.05) is 17.3 Å². The lowest BCUT2D eigenvalue weighted by atomic mass is 10.3. The normalized spacial score (nSPS) is 10.4. The quantitative estimate of drug-likeness (QED) is 0.482. The van der Waals surface area contributed by atoms with Crippen molar-refractivity contribution in [2.75, 3.05) is 5.43 Å². The number of nitrogens with one attached hydrogen (secondary N) is 1. The molecule has 0 fully saturated rings. The predicted octanol–water partition coefficient (Wildman–Crippen LogP) is 1.79. The van der Waals surface area contributed by atoms with E-state index in [1.165, 1.54) is 17.8 Å². The number of hydrogen-bond donors (Lipinski definition) is 2. The fraction of sp³-hybridized carbons (Fsp3) is 0.111. The van der Waals surface area contributed by atoms with Crippen molar-refractivity contribution < 1.29 is 8.91 Å². The summed E-state index contributed by atoms with van der Waals surface area (Å²) in [7, 11) is 0. The molecule has 84 valence electrons. The van der Waals surface area contributed by atoms with Gasteiger partial charge in [-0.3, -0.25) is 5.43 Å². The van der Waals surface area contributed by atoms with Crippen LogP contribution in [-0.4, -0.2) is 10.1 Å². The minimum Gasteiger partial charge on any atom is -0.314 e. The first-order chi connectivity index (χ1) is 7.79. The number of nitrogens with two attached hydrogens (primary N) is 1. The Morgan fingerprint density at radius 3 is 2.94 bits per heavy atom. The Kier molecular flexibility index (Phi) is 3.37. The molecule has 2 aromatic rings. The average molecular weight is 240 g/mol. The first-order valence-corrected chi connectivity index (χ1v) is 5.44. The second-order valence-corrected chi connectivity index (χ2v) is 3.90. The highest BCUT2D eigenvalue weighted by atomic mass is 32.2. The fourth-order valence-corrected chi connectivity index (χ4v) is 1.86. The van der Waals surface area contributed by atoms with Gasteiger partial charge in [0.1, 0.15) is 5.82 Å². The van der Waals surface area contributed by atoms with Gasteiger partial charge >= 0.3 is 6.01 Å². The molecule has 0 radical (unpaired) electrons. The first kappa shape index (κ1) is 10.9. The van der Waals surface area contributed by atoms with E-state index in [0.717, 1.165) is 0 Å². The van der Waals surface area contributed by atoms with Crippen molar-refractivity contribution in [3.63, 3.8) is 0 Å². The Morgan fingerprint density at radius 1 is 1.44 bits per heavy atom. The third kappa shape index (κ3) is 2.50. The van der Waals surface area contributed by atoms with Gasteiger partial charge in [0.05, 0.1) is 5.75 Å². The number of nitrogens with zero attached hydrogens (tertiary/aromatic N) is 2.